The molecule has 6 unspecified atom stereocenters. The molecule has 2 saturated carbocycles. The zero-order chi connectivity index (χ0) is 16.8. The highest BCUT2D eigenvalue weighted by Gasteiger charge is 2.38. The van der Waals surface area contributed by atoms with Crippen molar-refractivity contribution in [1.29, 1.82) is 0 Å². The molecular formula is C24H31I. The number of allylic oxidation sites excluding steroid dienone is 8. The lowest BCUT2D eigenvalue weighted by atomic mass is 9.61. The Morgan fingerprint density at radius 2 is 1.68 bits per heavy atom. The first-order valence-electron chi connectivity index (χ1n) is 10.7. The van der Waals surface area contributed by atoms with Crippen LogP contribution >= 0.6 is 22.6 Å². The van der Waals surface area contributed by atoms with E-state index in [1.807, 2.05) is 5.57 Å². The maximum absolute atomic E-state index is 2.69. The van der Waals surface area contributed by atoms with E-state index in [4.69, 9.17) is 0 Å². The van der Waals surface area contributed by atoms with Crippen LogP contribution in [0.1, 0.15) is 64.2 Å². The Kier molecular flexibility index (Phi) is 4.73. The monoisotopic (exact) mass is 446 g/mol. The second-order valence-electron chi connectivity index (χ2n) is 9.20. The molecule has 5 aliphatic rings. The first kappa shape index (κ1) is 16.8. The number of alkyl halides is 1. The van der Waals surface area contributed by atoms with E-state index in [9.17, 15) is 0 Å². The fourth-order valence-corrected chi connectivity index (χ4v) is 7.30. The SMILES string of the molecule is IC1CCC2CC(C3CC=C4C(CCC5CCC=CC45)C3)=CC=C2C1. The molecule has 0 aliphatic heterocycles. The van der Waals surface area contributed by atoms with E-state index in [-0.39, 0.29) is 0 Å². The summed E-state index contributed by atoms with van der Waals surface area (Å²) in [5.41, 5.74) is 5.38. The van der Waals surface area contributed by atoms with Crippen molar-refractivity contribution in [1.82, 2.24) is 0 Å². The second kappa shape index (κ2) is 7.02. The van der Waals surface area contributed by atoms with Gasteiger partial charge in [0.25, 0.3) is 0 Å². The van der Waals surface area contributed by atoms with Crippen LogP contribution in [-0.4, -0.2) is 3.92 Å². The van der Waals surface area contributed by atoms with Crippen molar-refractivity contribution in [2.75, 3.05) is 0 Å². The molecule has 0 aromatic rings. The number of fused-ring (bicyclic) bond motifs is 4. The van der Waals surface area contributed by atoms with Crippen molar-refractivity contribution in [3.05, 3.63) is 47.1 Å². The van der Waals surface area contributed by atoms with Crippen molar-refractivity contribution in [2.45, 2.75) is 68.1 Å². The van der Waals surface area contributed by atoms with Gasteiger partial charge in [0.15, 0.2) is 0 Å². The molecule has 0 heterocycles. The minimum Gasteiger partial charge on any atom is -0.0879 e. The fourth-order valence-electron chi connectivity index (χ4n) is 6.43. The maximum Gasteiger partial charge on any atom is 0.0147 e. The highest BCUT2D eigenvalue weighted by molar-refractivity contribution is 14.1. The van der Waals surface area contributed by atoms with Gasteiger partial charge in [0, 0.05) is 9.84 Å². The fraction of sp³-hybridized carbons (Fsp3) is 0.667. The van der Waals surface area contributed by atoms with Gasteiger partial charge in [-0.3, -0.25) is 0 Å². The van der Waals surface area contributed by atoms with E-state index in [1.165, 1.54) is 64.2 Å². The van der Waals surface area contributed by atoms with E-state index >= 15 is 0 Å². The first-order chi connectivity index (χ1) is 12.3. The zero-order valence-electron chi connectivity index (χ0n) is 15.3. The van der Waals surface area contributed by atoms with E-state index in [0.717, 1.165) is 33.5 Å². The summed E-state index contributed by atoms with van der Waals surface area (Å²) in [5.74, 6) is 4.38. The van der Waals surface area contributed by atoms with Gasteiger partial charge in [0.1, 0.15) is 0 Å². The summed E-state index contributed by atoms with van der Waals surface area (Å²) >= 11 is 2.65. The summed E-state index contributed by atoms with van der Waals surface area (Å²) in [6.07, 6.45) is 26.8. The van der Waals surface area contributed by atoms with Crippen LogP contribution in [0.2, 0.25) is 0 Å². The van der Waals surface area contributed by atoms with Crippen molar-refractivity contribution < 1.29 is 0 Å². The highest BCUT2D eigenvalue weighted by atomic mass is 127. The van der Waals surface area contributed by atoms with Gasteiger partial charge in [0.2, 0.25) is 0 Å². The van der Waals surface area contributed by atoms with Crippen LogP contribution in [0.4, 0.5) is 0 Å². The molecular weight excluding hydrogens is 415 g/mol. The van der Waals surface area contributed by atoms with Crippen LogP contribution in [0.3, 0.4) is 0 Å². The molecule has 5 rings (SSSR count). The quantitative estimate of drug-likeness (QED) is 0.227. The average molecular weight is 446 g/mol. The Bertz CT molecular complexity index is 649. The van der Waals surface area contributed by atoms with Crippen LogP contribution < -0.4 is 0 Å². The molecule has 2 fully saturated rings. The summed E-state index contributed by atoms with van der Waals surface area (Å²) in [7, 11) is 0. The molecule has 0 N–H and O–H groups in total. The minimum absolute atomic E-state index is 0.805. The van der Waals surface area contributed by atoms with Gasteiger partial charge < -0.3 is 0 Å². The molecule has 0 nitrogen and oxygen atoms in total. The van der Waals surface area contributed by atoms with Crippen molar-refractivity contribution in [3.8, 4) is 0 Å². The van der Waals surface area contributed by atoms with Gasteiger partial charge in [-0.05, 0) is 87.9 Å². The van der Waals surface area contributed by atoms with Crippen LogP contribution in [0.5, 0.6) is 0 Å². The van der Waals surface area contributed by atoms with Gasteiger partial charge in [-0.1, -0.05) is 69.7 Å². The number of hydrogen-bond acceptors (Lipinski definition) is 0. The lowest BCUT2D eigenvalue weighted by molar-refractivity contribution is 0.237. The minimum atomic E-state index is 0.805. The predicted molar refractivity (Wildman–Crippen MR) is 115 cm³/mol. The van der Waals surface area contributed by atoms with Crippen molar-refractivity contribution >= 4 is 22.6 Å². The summed E-state index contributed by atoms with van der Waals surface area (Å²) in [6, 6.07) is 0. The molecule has 6 atom stereocenters. The molecule has 1 heteroatoms. The van der Waals surface area contributed by atoms with Crippen LogP contribution in [0, 0.1) is 29.6 Å². The number of rotatable bonds is 1. The maximum atomic E-state index is 2.69. The smallest absolute Gasteiger partial charge is 0.0147 e. The molecule has 0 spiro atoms. The number of hydrogen-bond donors (Lipinski definition) is 0. The Labute approximate surface area is 167 Å². The predicted octanol–water partition coefficient (Wildman–Crippen LogP) is 7.18. The Morgan fingerprint density at radius 1 is 0.840 bits per heavy atom. The topological polar surface area (TPSA) is 0 Å². The zero-order valence-corrected chi connectivity index (χ0v) is 17.5. The third-order valence-electron chi connectivity index (χ3n) is 7.83. The number of halogens is 1. The molecule has 0 aromatic carbocycles. The highest BCUT2D eigenvalue weighted by Crippen LogP contribution is 2.50. The molecule has 0 saturated heterocycles. The summed E-state index contributed by atoms with van der Waals surface area (Å²) in [5, 5.41) is 0. The Balaban J connectivity index is 1.33. The third kappa shape index (κ3) is 3.24. The molecule has 5 aliphatic carbocycles. The lowest BCUT2D eigenvalue weighted by Gasteiger charge is -2.44. The van der Waals surface area contributed by atoms with E-state index < -0.39 is 0 Å². The van der Waals surface area contributed by atoms with E-state index in [0.29, 0.717) is 0 Å². The molecule has 0 aromatic heterocycles. The summed E-state index contributed by atoms with van der Waals surface area (Å²) in [6.45, 7) is 0. The average Bonchev–Trinajstić information content (AvgIpc) is 2.67. The van der Waals surface area contributed by atoms with E-state index in [2.05, 4.69) is 53.0 Å². The summed E-state index contributed by atoms with van der Waals surface area (Å²) in [4.78, 5) is 0. The van der Waals surface area contributed by atoms with Crippen LogP contribution in [0.15, 0.2) is 47.1 Å². The molecule has 25 heavy (non-hydrogen) atoms. The lowest BCUT2D eigenvalue weighted by Crippen LogP contribution is -2.32. The molecule has 0 amide bonds. The van der Waals surface area contributed by atoms with Gasteiger partial charge >= 0.3 is 0 Å². The molecule has 0 radical (unpaired) electrons. The molecule has 0 bridgehead atoms. The molecule has 134 valence electrons. The van der Waals surface area contributed by atoms with Crippen molar-refractivity contribution in [2.24, 2.45) is 29.6 Å². The van der Waals surface area contributed by atoms with Gasteiger partial charge in [-0.15, -0.1) is 0 Å². The Hall–Kier alpha value is -0.310. The largest absolute Gasteiger partial charge is 0.0879 e. The third-order valence-corrected chi connectivity index (χ3v) is 8.90. The van der Waals surface area contributed by atoms with Gasteiger partial charge in [-0.25, -0.2) is 0 Å². The first-order valence-corrected chi connectivity index (χ1v) is 11.9. The second-order valence-corrected chi connectivity index (χ2v) is 11.0. The van der Waals surface area contributed by atoms with Crippen molar-refractivity contribution in [3.63, 3.8) is 0 Å². The summed E-state index contributed by atoms with van der Waals surface area (Å²) < 4.78 is 0.883. The Morgan fingerprint density at radius 3 is 2.60 bits per heavy atom. The van der Waals surface area contributed by atoms with E-state index in [1.54, 1.807) is 11.1 Å². The standard InChI is InChI=1S/C24H31I/c25-22-11-9-18-13-17(6-7-20(18)15-22)19-10-12-24-21(14-19)8-5-16-3-1-2-4-23(16)24/h2,4,6-7,12,16,18-19,21-23H,1,3,5,8-11,13-15H2. The van der Waals surface area contributed by atoms with Crippen LogP contribution in [0.25, 0.3) is 0 Å². The normalized spacial score (nSPS) is 43.2. The van der Waals surface area contributed by atoms with Gasteiger partial charge in [-0.2, -0.15) is 0 Å². The van der Waals surface area contributed by atoms with Crippen LogP contribution in [-0.2, 0) is 0 Å². The van der Waals surface area contributed by atoms with Gasteiger partial charge in [0.05, 0.1) is 0 Å².